The average molecular weight is 367 g/mol. The van der Waals surface area contributed by atoms with Gasteiger partial charge in [-0.15, -0.1) is 0 Å². The predicted octanol–water partition coefficient (Wildman–Crippen LogP) is 3.62. The first kappa shape index (κ1) is 18.4. The second-order valence-corrected chi connectivity index (χ2v) is 6.52. The molecule has 7 heteroatoms. The van der Waals surface area contributed by atoms with E-state index in [1.165, 1.54) is 4.57 Å². The zero-order valence-corrected chi connectivity index (χ0v) is 15.6. The maximum atomic E-state index is 12.5. The van der Waals surface area contributed by atoms with Crippen LogP contribution in [0.25, 0.3) is 11.0 Å². The van der Waals surface area contributed by atoms with Crippen LogP contribution < -0.4 is 10.1 Å². The number of carbonyl (C=O) groups excluding carboxylic acids is 1. The van der Waals surface area contributed by atoms with Crippen LogP contribution in [0, 0.1) is 6.92 Å². The molecule has 0 spiro atoms. The molecule has 0 fully saturated rings. The van der Waals surface area contributed by atoms with Crippen LogP contribution in [0.15, 0.2) is 36.4 Å². The molecule has 0 atom stereocenters. The van der Waals surface area contributed by atoms with Gasteiger partial charge in [0, 0.05) is 12.6 Å². The SMILES string of the molecule is Cc1nc2c(cc1NC(=O)c1ccccc1)c(OC(C)C)c(C(=O)O)n2C. The predicted molar refractivity (Wildman–Crippen MR) is 103 cm³/mol. The molecule has 0 saturated heterocycles. The van der Waals surface area contributed by atoms with Gasteiger partial charge in [0.05, 0.1) is 22.9 Å². The van der Waals surface area contributed by atoms with Crippen molar-refractivity contribution in [2.24, 2.45) is 7.05 Å². The molecule has 1 amide bonds. The van der Waals surface area contributed by atoms with Gasteiger partial charge in [-0.25, -0.2) is 9.78 Å². The summed E-state index contributed by atoms with van der Waals surface area (Å²) in [6, 6.07) is 10.6. The normalized spacial score (nSPS) is 11.0. The van der Waals surface area contributed by atoms with Crippen molar-refractivity contribution in [1.82, 2.24) is 9.55 Å². The van der Waals surface area contributed by atoms with Crippen molar-refractivity contribution in [2.75, 3.05) is 5.32 Å². The van der Waals surface area contributed by atoms with Gasteiger partial charge in [-0.05, 0) is 39.0 Å². The Labute approximate surface area is 156 Å². The molecule has 0 aliphatic heterocycles. The highest BCUT2D eigenvalue weighted by Gasteiger charge is 2.25. The number of nitrogens with one attached hydrogen (secondary N) is 1. The Morgan fingerprint density at radius 1 is 1.22 bits per heavy atom. The number of carboxylic acids is 1. The number of amides is 1. The molecule has 7 nitrogen and oxygen atoms in total. The van der Waals surface area contributed by atoms with Crippen LogP contribution in [-0.2, 0) is 7.05 Å². The van der Waals surface area contributed by atoms with Crippen LogP contribution >= 0.6 is 0 Å². The number of carboxylic acid groups (broad SMARTS) is 1. The maximum absolute atomic E-state index is 12.5. The summed E-state index contributed by atoms with van der Waals surface area (Å²) in [6.45, 7) is 5.41. The number of hydrogen-bond acceptors (Lipinski definition) is 4. The fourth-order valence-corrected chi connectivity index (χ4v) is 2.91. The van der Waals surface area contributed by atoms with Crippen LogP contribution in [0.5, 0.6) is 5.75 Å². The molecule has 1 aromatic carbocycles. The molecule has 3 aromatic rings. The number of fused-ring (bicyclic) bond motifs is 1. The second kappa shape index (κ2) is 7.11. The topological polar surface area (TPSA) is 93.4 Å². The summed E-state index contributed by atoms with van der Waals surface area (Å²) in [7, 11) is 1.63. The molecule has 0 radical (unpaired) electrons. The third-order valence-corrected chi connectivity index (χ3v) is 4.15. The van der Waals surface area contributed by atoms with Crippen LogP contribution in [0.3, 0.4) is 0 Å². The summed E-state index contributed by atoms with van der Waals surface area (Å²) in [5, 5.41) is 13.0. The van der Waals surface area contributed by atoms with E-state index < -0.39 is 5.97 Å². The van der Waals surface area contributed by atoms with Crippen LogP contribution in [0.4, 0.5) is 5.69 Å². The molecule has 0 aliphatic rings. The Bertz CT molecular complexity index is 1020. The lowest BCUT2D eigenvalue weighted by Gasteiger charge is -2.11. The van der Waals surface area contributed by atoms with Gasteiger partial charge in [-0.3, -0.25) is 4.79 Å². The fourth-order valence-electron chi connectivity index (χ4n) is 2.91. The highest BCUT2D eigenvalue weighted by atomic mass is 16.5. The van der Waals surface area contributed by atoms with Gasteiger partial charge < -0.3 is 19.7 Å². The number of aryl methyl sites for hydroxylation is 2. The molecule has 27 heavy (non-hydrogen) atoms. The zero-order valence-electron chi connectivity index (χ0n) is 15.6. The number of ether oxygens (including phenoxy) is 1. The van der Waals surface area contributed by atoms with Crippen molar-refractivity contribution in [3.8, 4) is 5.75 Å². The highest BCUT2D eigenvalue weighted by molar-refractivity contribution is 6.06. The second-order valence-electron chi connectivity index (χ2n) is 6.52. The molecule has 3 rings (SSSR count). The van der Waals surface area contributed by atoms with E-state index in [9.17, 15) is 14.7 Å². The molecular weight excluding hydrogens is 346 g/mol. The number of benzene rings is 1. The Morgan fingerprint density at radius 2 is 1.89 bits per heavy atom. The van der Waals surface area contributed by atoms with E-state index in [4.69, 9.17) is 4.74 Å². The van der Waals surface area contributed by atoms with Crippen LogP contribution in [-0.4, -0.2) is 32.6 Å². The van der Waals surface area contributed by atoms with Crippen molar-refractivity contribution < 1.29 is 19.4 Å². The summed E-state index contributed by atoms with van der Waals surface area (Å²) < 4.78 is 7.26. The van der Waals surface area contributed by atoms with Gasteiger partial charge in [0.15, 0.2) is 11.4 Å². The molecule has 0 saturated carbocycles. The number of hydrogen-bond donors (Lipinski definition) is 2. The standard InChI is InChI=1S/C20H21N3O4/c1-11(2)27-17-14-10-15(22-19(24)13-8-6-5-7-9-13)12(3)21-18(14)23(4)16(17)20(25)26/h5-11H,1-4H3,(H,22,24)(H,25,26). The Morgan fingerprint density at radius 3 is 2.48 bits per heavy atom. The quantitative estimate of drug-likeness (QED) is 0.718. The number of nitrogens with zero attached hydrogens (tertiary/aromatic N) is 2. The van der Waals surface area contributed by atoms with Crippen molar-refractivity contribution >= 4 is 28.6 Å². The molecule has 140 valence electrons. The van der Waals surface area contributed by atoms with Crippen LogP contribution in [0.1, 0.15) is 40.4 Å². The third kappa shape index (κ3) is 3.48. The highest BCUT2D eigenvalue weighted by Crippen LogP contribution is 2.35. The summed E-state index contributed by atoms with van der Waals surface area (Å²) in [5.74, 6) is -1.11. The monoisotopic (exact) mass is 367 g/mol. The first-order valence-electron chi connectivity index (χ1n) is 8.56. The first-order valence-corrected chi connectivity index (χ1v) is 8.56. The smallest absolute Gasteiger partial charge is 0.356 e. The molecule has 2 aromatic heterocycles. The van der Waals surface area contributed by atoms with E-state index in [2.05, 4.69) is 10.3 Å². The third-order valence-electron chi connectivity index (χ3n) is 4.15. The molecule has 2 N–H and O–H groups in total. The van der Waals surface area contributed by atoms with E-state index in [-0.39, 0.29) is 23.5 Å². The molecule has 0 aliphatic carbocycles. The number of carbonyl (C=O) groups is 2. The van der Waals surface area contributed by atoms with Gasteiger partial charge in [0.25, 0.3) is 5.91 Å². The lowest BCUT2D eigenvalue weighted by atomic mass is 10.2. The van der Waals surface area contributed by atoms with E-state index in [0.29, 0.717) is 28.0 Å². The van der Waals surface area contributed by atoms with Gasteiger partial charge in [-0.1, -0.05) is 18.2 Å². The van der Waals surface area contributed by atoms with Gasteiger partial charge in [0.2, 0.25) is 0 Å². The van der Waals surface area contributed by atoms with Gasteiger partial charge in [-0.2, -0.15) is 0 Å². The minimum atomic E-state index is -1.10. The molecule has 0 bridgehead atoms. The van der Waals surface area contributed by atoms with E-state index in [1.54, 1.807) is 44.3 Å². The van der Waals surface area contributed by atoms with E-state index in [1.807, 2.05) is 19.9 Å². The Balaban J connectivity index is 2.12. The number of pyridine rings is 1. The Hall–Kier alpha value is -3.35. The van der Waals surface area contributed by atoms with Crippen molar-refractivity contribution in [3.05, 3.63) is 53.3 Å². The fraction of sp³-hybridized carbons (Fsp3) is 0.250. The lowest BCUT2D eigenvalue weighted by Crippen LogP contribution is -2.13. The van der Waals surface area contributed by atoms with Crippen LogP contribution in [0.2, 0.25) is 0 Å². The molecule has 2 heterocycles. The molecular formula is C20H21N3O4. The van der Waals surface area contributed by atoms with E-state index >= 15 is 0 Å². The van der Waals surface area contributed by atoms with E-state index in [0.717, 1.165) is 0 Å². The largest absolute Gasteiger partial charge is 0.488 e. The average Bonchev–Trinajstić information content (AvgIpc) is 2.87. The van der Waals surface area contributed by atoms with Crippen molar-refractivity contribution in [1.29, 1.82) is 0 Å². The first-order chi connectivity index (χ1) is 12.8. The lowest BCUT2D eigenvalue weighted by molar-refractivity contribution is 0.0680. The van der Waals surface area contributed by atoms with Gasteiger partial charge in [0.1, 0.15) is 5.65 Å². The number of aromatic nitrogens is 2. The number of anilines is 1. The minimum absolute atomic E-state index is 0.0251. The summed E-state index contributed by atoms with van der Waals surface area (Å²) in [6.07, 6.45) is -0.211. The zero-order chi connectivity index (χ0) is 19.7. The molecule has 0 unspecified atom stereocenters. The summed E-state index contributed by atoms with van der Waals surface area (Å²) in [5.41, 5.74) is 2.12. The van der Waals surface area contributed by atoms with Gasteiger partial charge >= 0.3 is 5.97 Å². The minimum Gasteiger partial charge on any atom is -0.488 e. The summed E-state index contributed by atoms with van der Waals surface area (Å²) >= 11 is 0. The number of aromatic carboxylic acids is 1. The number of rotatable bonds is 5. The van der Waals surface area contributed by atoms with Crippen molar-refractivity contribution in [3.63, 3.8) is 0 Å². The Kier molecular flexibility index (Phi) is 4.85. The van der Waals surface area contributed by atoms with Crippen molar-refractivity contribution in [2.45, 2.75) is 26.9 Å². The summed E-state index contributed by atoms with van der Waals surface area (Å²) in [4.78, 5) is 28.7. The maximum Gasteiger partial charge on any atom is 0.356 e.